The van der Waals surface area contributed by atoms with Crippen molar-refractivity contribution in [1.29, 1.82) is 0 Å². The summed E-state index contributed by atoms with van der Waals surface area (Å²) in [6.45, 7) is 6.07. The minimum atomic E-state index is -0.535. The molecule has 2 amide bonds. The van der Waals surface area contributed by atoms with Gasteiger partial charge in [-0.3, -0.25) is 19.7 Å². The summed E-state index contributed by atoms with van der Waals surface area (Å²) in [4.78, 5) is 26.2. The van der Waals surface area contributed by atoms with E-state index in [1.54, 1.807) is 5.48 Å². The van der Waals surface area contributed by atoms with Gasteiger partial charge in [0.15, 0.2) is 6.29 Å². The molecule has 1 aliphatic carbocycles. The first-order chi connectivity index (χ1) is 23.5. The molecule has 3 aromatic carbocycles. The van der Waals surface area contributed by atoms with E-state index in [9.17, 15) is 14.7 Å². The minimum absolute atomic E-state index is 0.00725. The van der Waals surface area contributed by atoms with E-state index in [4.69, 9.17) is 14.7 Å². The third-order valence-corrected chi connectivity index (χ3v) is 9.43. The number of rotatable bonds is 16. The largest absolute Gasteiger partial charge is 0.392 e. The molecule has 3 aromatic rings. The Morgan fingerprint density at radius 1 is 0.896 bits per heavy atom. The highest BCUT2D eigenvalue weighted by atomic mass is 16.7. The monoisotopic (exact) mass is 655 g/mol. The molecular weight excluding hydrogens is 606 g/mol. The molecule has 256 valence electrons. The fourth-order valence-electron chi connectivity index (χ4n) is 6.79. The Bertz CT molecular complexity index is 1470. The fraction of sp³-hybridized carbons (Fsp3) is 0.436. The second kappa shape index (κ2) is 18.1. The van der Waals surface area contributed by atoms with Crippen LogP contribution in [0.5, 0.6) is 0 Å². The maximum Gasteiger partial charge on any atom is 0.243 e. The molecule has 0 spiro atoms. The van der Waals surface area contributed by atoms with E-state index in [1.807, 2.05) is 48.5 Å². The van der Waals surface area contributed by atoms with Gasteiger partial charge in [0.05, 0.1) is 18.8 Å². The molecule has 0 unspecified atom stereocenters. The highest BCUT2D eigenvalue weighted by Crippen LogP contribution is 2.39. The average Bonchev–Trinajstić information content (AvgIpc) is 3.68. The molecule has 4 N–H and O–H groups in total. The van der Waals surface area contributed by atoms with Crippen LogP contribution in [0.3, 0.4) is 0 Å². The molecule has 1 saturated carbocycles. The van der Waals surface area contributed by atoms with Crippen LogP contribution in [-0.2, 0) is 32.2 Å². The molecular formula is C39H49N3O6. The van der Waals surface area contributed by atoms with Crippen LogP contribution in [0.25, 0.3) is 11.1 Å². The Hall–Kier alpha value is -3.86. The predicted molar refractivity (Wildman–Crippen MR) is 185 cm³/mol. The van der Waals surface area contributed by atoms with E-state index in [2.05, 4.69) is 47.1 Å². The Morgan fingerprint density at radius 3 is 2.27 bits per heavy atom. The van der Waals surface area contributed by atoms with E-state index in [0.29, 0.717) is 31.8 Å². The maximum atomic E-state index is 12.5. The van der Waals surface area contributed by atoms with Crippen LogP contribution in [0.1, 0.15) is 92.4 Å². The highest BCUT2D eigenvalue weighted by Gasteiger charge is 2.34. The summed E-state index contributed by atoms with van der Waals surface area (Å²) in [5.41, 5.74) is 7.57. The van der Waals surface area contributed by atoms with Crippen molar-refractivity contribution in [1.82, 2.24) is 15.7 Å². The van der Waals surface area contributed by atoms with E-state index in [-0.39, 0.29) is 31.1 Å². The summed E-state index contributed by atoms with van der Waals surface area (Å²) in [5, 5.41) is 21.2. The second-order valence-electron chi connectivity index (χ2n) is 12.8. The van der Waals surface area contributed by atoms with Crippen LogP contribution in [0.2, 0.25) is 0 Å². The number of benzene rings is 3. The van der Waals surface area contributed by atoms with Crippen LogP contribution in [0, 0.1) is 0 Å². The predicted octanol–water partition coefficient (Wildman–Crippen LogP) is 6.50. The Kier molecular flexibility index (Phi) is 13.3. The van der Waals surface area contributed by atoms with Crippen molar-refractivity contribution in [3.05, 3.63) is 108 Å². The number of carbonyl (C=O) groups is 2. The zero-order valence-electron chi connectivity index (χ0n) is 27.7. The van der Waals surface area contributed by atoms with Crippen LogP contribution < -0.4 is 10.8 Å². The summed E-state index contributed by atoms with van der Waals surface area (Å²) in [6, 6.07) is 24.8. The number of nitrogens with one attached hydrogen (secondary N) is 2. The van der Waals surface area contributed by atoms with Gasteiger partial charge in [-0.05, 0) is 53.5 Å². The number of hydroxylamine groups is 1. The lowest BCUT2D eigenvalue weighted by atomic mass is 9.97. The molecule has 1 aliphatic heterocycles. The SMILES string of the molecule is C=CCN(C[C@@H]1C[C@H](c2ccc(CO)cc2)O[C@H](c2ccc(-c3ccccc3CNC(=O)CCCCC(=O)NO)cc2)O1)C1CCCC1. The first-order valence-electron chi connectivity index (χ1n) is 17.2. The summed E-state index contributed by atoms with van der Waals surface area (Å²) in [5.74, 6) is -0.523. The van der Waals surface area contributed by atoms with Crippen molar-refractivity contribution < 1.29 is 29.4 Å². The molecule has 1 saturated heterocycles. The topological polar surface area (TPSA) is 120 Å². The molecule has 3 atom stereocenters. The number of nitrogens with zero attached hydrogens (tertiary/aromatic N) is 1. The fourth-order valence-corrected chi connectivity index (χ4v) is 6.79. The third kappa shape index (κ3) is 9.84. The Balaban J connectivity index is 1.28. The lowest BCUT2D eigenvalue weighted by Gasteiger charge is -2.39. The molecule has 0 radical (unpaired) electrons. The van der Waals surface area contributed by atoms with E-state index in [1.165, 1.54) is 25.7 Å². The van der Waals surface area contributed by atoms with Crippen molar-refractivity contribution in [2.75, 3.05) is 13.1 Å². The third-order valence-electron chi connectivity index (χ3n) is 9.43. The first kappa shape index (κ1) is 35.4. The number of carbonyl (C=O) groups excluding carboxylic acids is 2. The van der Waals surface area contributed by atoms with Crippen molar-refractivity contribution >= 4 is 11.8 Å². The highest BCUT2D eigenvalue weighted by molar-refractivity contribution is 5.77. The number of unbranched alkanes of at least 4 members (excludes halogenated alkanes) is 1. The van der Waals surface area contributed by atoms with Crippen LogP contribution in [0.4, 0.5) is 0 Å². The molecule has 2 fully saturated rings. The lowest BCUT2D eigenvalue weighted by Crippen LogP contribution is -2.43. The quantitative estimate of drug-likeness (QED) is 0.0602. The van der Waals surface area contributed by atoms with Crippen molar-refractivity contribution in [3.8, 4) is 11.1 Å². The maximum absolute atomic E-state index is 12.5. The average molecular weight is 656 g/mol. The van der Waals surface area contributed by atoms with Gasteiger partial charge in [0, 0.05) is 50.5 Å². The van der Waals surface area contributed by atoms with Gasteiger partial charge >= 0.3 is 0 Å². The standard InChI is InChI=1S/C39H49N3O6/c1-2-23-42(33-10-4-5-11-33)26-34-24-36(30-17-15-28(27-43)16-18-30)48-39(47-34)31-21-19-29(20-22-31)35-12-6-3-9-32(35)25-40-37(44)13-7-8-14-38(45)41-46/h2-3,6,9,12,15-22,33-34,36,39,43,46H,1,4-5,7-8,10-11,13-14,23-27H2,(H,40,44)(H,41,45)/t34-,36+,39+/m0/s1. The van der Waals surface area contributed by atoms with E-state index < -0.39 is 12.2 Å². The van der Waals surface area contributed by atoms with Crippen LogP contribution >= 0.6 is 0 Å². The zero-order chi connectivity index (χ0) is 33.7. The molecule has 2 aliphatic rings. The molecule has 48 heavy (non-hydrogen) atoms. The lowest BCUT2D eigenvalue weighted by molar-refractivity contribution is -0.253. The smallest absolute Gasteiger partial charge is 0.243 e. The first-order valence-corrected chi connectivity index (χ1v) is 17.2. The van der Waals surface area contributed by atoms with Gasteiger partial charge in [0.2, 0.25) is 11.8 Å². The number of hydrogen-bond donors (Lipinski definition) is 4. The zero-order valence-corrected chi connectivity index (χ0v) is 27.7. The van der Waals surface area contributed by atoms with Crippen molar-refractivity contribution in [3.63, 3.8) is 0 Å². The van der Waals surface area contributed by atoms with Crippen LogP contribution in [-0.4, -0.2) is 52.3 Å². The van der Waals surface area contributed by atoms with Gasteiger partial charge < -0.3 is 19.9 Å². The second-order valence-corrected chi connectivity index (χ2v) is 12.8. The minimum Gasteiger partial charge on any atom is -0.392 e. The number of ether oxygens (including phenoxy) is 2. The number of aliphatic hydroxyl groups is 1. The molecule has 0 bridgehead atoms. The van der Waals surface area contributed by atoms with Gasteiger partial charge in [-0.2, -0.15) is 0 Å². The number of aliphatic hydroxyl groups excluding tert-OH is 1. The van der Waals surface area contributed by atoms with E-state index >= 15 is 0 Å². The molecule has 1 heterocycles. The van der Waals surface area contributed by atoms with Crippen LogP contribution in [0.15, 0.2) is 85.5 Å². The van der Waals surface area contributed by atoms with Gasteiger partial charge in [-0.15, -0.1) is 6.58 Å². The van der Waals surface area contributed by atoms with Gasteiger partial charge in [-0.1, -0.05) is 91.7 Å². The Morgan fingerprint density at radius 2 is 1.58 bits per heavy atom. The molecule has 5 rings (SSSR count). The van der Waals surface area contributed by atoms with Gasteiger partial charge in [0.1, 0.15) is 0 Å². The Labute approximate surface area is 283 Å². The van der Waals surface area contributed by atoms with Crippen molar-refractivity contribution in [2.24, 2.45) is 0 Å². The summed E-state index contributed by atoms with van der Waals surface area (Å²) in [7, 11) is 0. The van der Waals surface area contributed by atoms with Crippen molar-refractivity contribution in [2.45, 2.75) is 95.5 Å². The number of amides is 2. The summed E-state index contributed by atoms with van der Waals surface area (Å²) >= 11 is 0. The normalized spacial score (nSPS) is 19.7. The molecule has 9 heteroatoms. The van der Waals surface area contributed by atoms with E-state index in [0.717, 1.165) is 52.9 Å². The molecule has 9 nitrogen and oxygen atoms in total. The molecule has 0 aromatic heterocycles. The summed E-state index contributed by atoms with van der Waals surface area (Å²) in [6.07, 6.45) is 8.59. The van der Waals surface area contributed by atoms with Gasteiger partial charge in [-0.25, -0.2) is 5.48 Å². The van der Waals surface area contributed by atoms with Gasteiger partial charge in [0.25, 0.3) is 0 Å². The summed E-state index contributed by atoms with van der Waals surface area (Å²) < 4.78 is 13.3. The number of hydrogen-bond acceptors (Lipinski definition) is 7.